The Kier molecular flexibility index (Phi) is 7.14. The predicted octanol–water partition coefficient (Wildman–Crippen LogP) is 4.24. The second-order valence-corrected chi connectivity index (χ2v) is 6.69. The average molecular weight is 454 g/mol. The maximum Gasteiger partial charge on any atom is 0.347 e. The summed E-state index contributed by atoms with van der Waals surface area (Å²) < 4.78 is 10.5. The van der Waals surface area contributed by atoms with Crippen LogP contribution in [-0.2, 0) is 0 Å². The van der Waals surface area contributed by atoms with Crippen LogP contribution in [0.2, 0.25) is 5.02 Å². The molecule has 0 atom stereocenters. The van der Waals surface area contributed by atoms with E-state index in [0.717, 1.165) is 6.21 Å². The van der Waals surface area contributed by atoms with Crippen molar-refractivity contribution in [1.82, 2.24) is 5.43 Å². The molecule has 0 aliphatic carbocycles. The third-order valence-corrected chi connectivity index (χ3v) is 4.44. The molecule has 32 heavy (non-hydrogen) atoms. The number of halogens is 1. The molecule has 0 radical (unpaired) electrons. The van der Waals surface area contributed by atoms with Gasteiger partial charge in [0.05, 0.1) is 18.2 Å². The van der Waals surface area contributed by atoms with Crippen molar-refractivity contribution < 1.29 is 24.0 Å². The normalized spacial score (nSPS) is 10.6. The Morgan fingerprint density at radius 3 is 2.53 bits per heavy atom. The van der Waals surface area contributed by atoms with Gasteiger partial charge in [0.1, 0.15) is 11.3 Å². The standard InChI is InChI=1S/C22H16ClN3O6/c1-31-19-11-10-16(23)12-17(19)22(28)32-20-15(8-5-9-18(20)26(29)30)13-24-25-21(27)14-6-3-2-4-7-14/h2-13H,1H3,(H,25,27)/b24-13+. The van der Waals surface area contributed by atoms with E-state index < -0.39 is 22.5 Å². The zero-order valence-corrected chi connectivity index (χ0v) is 17.4. The molecule has 0 aliphatic rings. The second-order valence-electron chi connectivity index (χ2n) is 6.25. The number of nitro benzene ring substituents is 1. The summed E-state index contributed by atoms with van der Waals surface area (Å²) >= 11 is 5.95. The Morgan fingerprint density at radius 1 is 1.09 bits per heavy atom. The third-order valence-electron chi connectivity index (χ3n) is 4.20. The summed E-state index contributed by atoms with van der Waals surface area (Å²) in [4.78, 5) is 35.7. The number of nitro groups is 1. The lowest BCUT2D eigenvalue weighted by atomic mass is 10.1. The second kappa shape index (κ2) is 10.2. The van der Waals surface area contributed by atoms with E-state index in [0.29, 0.717) is 5.56 Å². The number of esters is 1. The number of carbonyl (C=O) groups excluding carboxylic acids is 2. The van der Waals surface area contributed by atoms with Gasteiger partial charge in [-0.05, 0) is 36.4 Å². The molecular formula is C22H16ClN3O6. The van der Waals surface area contributed by atoms with E-state index in [1.54, 1.807) is 30.3 Å². The highest BCUT2D eigenvalue weighted by Crippen LogP contribution is 2.32. The van der Waals surface area contributed by atoms with Crippen LogP contribution in [0.1, 0.15) is 26.3 Å². The Balaban J connectivity index is 1.90. The lowest BCUT2D eigenvalue weighted by molar-refractivity contribution is -0.385. The van der Waals surface area contributed by atoms with E-state index >= 15 is 0 Å². The zero-order valence-electron chi connectivity index (χ0n) is 16.7. The minimum Gasteiger partial charge on any atom is -0.496 e. The van der Waals surface area contributed by atoms with Crippen molar-refractivity contribution in [2.45, 2.75) is 0 Å². The van der Waals surface area contributed by atoms with Crippen LogP contribution in [0, 0.1) is 10.1 Å². The summed E-state index contributed by atoms with van der Waals surface area (Å²) in [6.07, 6.45) is 1.14. The molecule has 162 valence electrons. The van der Waals surface area contributed by atoms with Crippen molar-refractivity contribution in [2.75, 3.05) is 7.11 Å². The SMILES string of the molecule is COc1ccc(Cl)cc1C(=O)Oc1c(/C=N/NC(=O)c2ccccc2)cccc1[N+](=O)[O-]. The Bertz CT molecular complexity index is 1200. The van der Waals surface area contributed by atoms with Crippen LogP contribution >= 0.6 is 11.6 Å². The quantitative estimate of drug-likeness (QED) is 0.188. The van der Waals surface area contributed by atoms with Gasteiger partial charge in [-0.1, -0.05) is 35.9 Å². The van der Waals surface area contributed by atoms with Crippen molar-refractivity contribution in [3.8, 4) is 11.5 Å². The van der Waals surface area contributed by atoms with Crippen LogP contribution in [0.5, 0.6) is 11.5 Å². The van der Waals surface area contributed by atoms with Gasteiger partial charge in [0.15, 0.2) is 0 Å². The fraction of sp³-hybridized carbons (Fsp3) is 0.0455. The molecule has 0 aromatic heterocycles. The topological polar surface area (TPSA) is 120 Å². The minimum absolute atomic E-state index is 0.0154. The molecule has 10 heteroatoms. The summed E-state index contributed by atoms with van der Waals surface area (Å²) in [5.74, 6) is -1.55. The first-order valence-electron chi connectivity index (χ1n) is 9.12. The molecule has 3 rings (SSSR count). The van der Waals surface area contributed by atoms with Crippen LogP contribution in [-0.4, -0.2) is 30.1 Å². The third kappa shape index (κ3) is 5.27. The number of para-hydroxylation sites is 1. The van der Waals surface area contributed by atoms with Crippen LogP contribution in [0.15, 0.2) is 71.8 Å². The molecule has 0 fully saturated rings. The molecular weight excluding hydrogens is 438 g/mol. The summed E-state index contributed by atoms with van der Waals surface area (Å²) in [5, 5.41) is 15.6. The number of methoxy groups -OCH3 is 1. The van der Waals surface area contributed by atoms with Gasteiger partial charge in [0.2, 0.25) is 5.75 Å². The van der Waals surface area contributed by atoms with Crippen molar-refractivity contribution in [2.24, 2.45) is 5.10 Å². The summed E-state index contributed by atoms with van der Waals surface area (Å²) in [7, 11) is 1.36. The van der Waals surface area contributed by atoms with Gasteiger partial charge < -0.3 is 9.47 Å². The van der Waals surface area contributed by atoms with Gasteiger partial charge in [-0.3, -0.25) is 14.9 Å². The smallest absolute Gasteiger partial charge is 0.347 e. The number of amides is 1. The van der Waals surface area contributed by atoms with E-state index in [4.69, 9.17) is 21.1 Å². The summed E-state index contributed by atoms with van der Waals surface area (Å²) in [6, 6.07) is 16.7. The van der Waals surface area contributed by atoms with E-state index in [2.05, 4.69) is 10.5 Å². The zero-order chi connectivity index (χ0) is 23.1. The predicted molar refractivity (Wildman–Crippen MR) is 118 cm³/mol. The molecule has 3 aromatic rings. The molecule has 0 heterocycles. The molecule has 1 amide bonds. The van der Waals surface area contributed by atoms with Crippen LogP contribution in [0.4, 0.5) is 5.69 Å². The van der Waals surface area contributed by atoms with Gasteiger partial charge in [-0.25, -0.2) is 10.2 Å². The van der Waals surface area contributed by atoms with E-state index in [1.807, 2.05) is 0 Å². The van der Waals surface area contributed by atoms with Gasteiger partial charge in [-0.15, -0.1) is 0 Å². The molecule has 0 saturated carbocycles. The summed E-state index contributed by atoms with van der Waals surface area (Å²) in [5.41, 5.74) is 2.32. The molecule has 0 saturated heterocycles. The van der Waals surface area contributed by atoms with Crippen molar-refractivity contribution in [3.63, 3.8) is 0 Å². The van der Waals surface area contributed by atoms with Gasteiger partial charge in [-0.2, -0.15) is 5.10 Å². The molecule has 0 unspecified atom stereocenters. The fourth-order valence-electron chi connectivity index (χ4n) is 2.70. The fourth-order valence-corrected chi connectivity index (χ4v) is 2.87. The molecule has 1 N–H and O–H groups in total. The summed E-state index contributed by atoms with van der Waals surface area (Å²) in [6.45, 7) is 0. The van der Waals surface area contributed by atoms with Crippen LogP contribution in [0.25, 0.3) is 0 Å². The van der Waals surface area contributed by atoms with Gasteiger partial charge in [0, 0.05) is 22.2 Å². The molecule has 3 aromatic carbocycles. The first kappa shape index (κ1) is 22.4. The average Bonchev–Trinajstić information content (AvgIpc) is 2.80. The number of benzene rings is 3. The van der Waals surface area contributed by atoms with Gasteiger partial charge >= 0.3 is 11.7 Å². The molecule has 0 spiro atoms. The lowest BCUT2D eigenvalue weighted by Gasteiger charge is -2.11. The van der Waals surface area contributed by atoms with E-state index in [-0.39, 0.29) is 27.6 Å². The lowest BCUT2D eigenvalue weighted by Crippen LogP contribution is -2.17. The number of rotatable bonds is 7. The van der Waals surface area contributed by atoms with E-state index in [9.17, 15) is 19.7 Å². The maximum atomic E-state index is 12.7. The minimum atomic E-state index is -0.915. The largest absolute Gasteiger partial charge is 0.496 e. The number of hydrogen-bond acceptors (Lipinski definition) is 7. The van der Waals surface area contributed by atoms with Crippen molar-refractivity contribution >= 4 is 35.4 Å². The van der Waals surface area contributed by atoms with Crippen LogP contribution < -0.4 is 14.9 Å². The number of hydrazone groups is 1. The van der Waals surface area contributed by atoms with E-state index in [1.165, 1.54) is 43.5 Å². The Labute approximate surface area is 187 Å². The molecule has 0 aliphatic heterocycles. The number of hydrogen-bond donors (Lipinski definition) is 1. The highest BCUT2D eigenvalue weighted by atomic mass is 35.5. The number of ether oxygens (including phenoxy) is 2. The highest BCUT2D eigenvalue weighted by molar-refractivity contribution is 6.31. The number of nitrogens with zero attached hydrogens (tertiary/aromatic N) is 2. The first-order chi connectivity index (χ1) is 15.4. The van der Waals surface area contributed by atoms with Crippen molar-refractivity contribution in [3.05, 3.63) is 98.6 Å². The molecule has 9 nitrogen and oxygen atoms in total. The molecule has 0 bridgehead atoms. The van der Waals surface area contributed by atoms with Gasteiger partial charge in [0.25, 0.3) is 5.91 Å². The number of nitrogens with one attached hydrogen (secondary N) is 1. The van der Waals surface area contributed by atoms with Crippen molar-refractivity contribution in [1.29, 1.82) is 0 Å². The Hall–Kier alpha value is -4.24. The highest BCUT2D eigenvalue weighted by Gasteiger charge is 2.24. The first-order valence-corrected chi connectivity index (χ1v) is 9.50. The monoisotopic (exact) mass is 453 g/mol. The maximum absolute atomic E-state index is 12.7. The van der Waals surface area contributed by atoms with Crippen LogP contribution in [0.3, 0.4) is 0 Å². The number of carbonyl (C=O) groups is 2. The Morgan fingerprint density at radius 2 is 1.84 bits per heavy atom.